The van der Waals surface area contributed by atoms with Crippen molar-refractivity contribution >= 4 is 17.3 Å². The van der Waals surface area contributed by atoms with Gasteiger partial charge < -0.3 is 20.1 Å². The molecule has 1 aliphatic rings. The topological polar surface area (TPSA) is 72.5 Å². The highest BCUT2D eigenvalue weighted by Crippen LogP contribution is 2.35. The zero-order valence-electron chi connectivity index (χ0n) is 13.3. The second kappa shape index (κ2) is 5.79. The van der Waals surface area contributed by atoms with E-state index in [0.29, 0.717) is 11.3 Å². The van der Waals surface area contributed by atoms with Gasteiger partial charge in [0.05, 0.1) is 17.4 Å². The van der Waals surface area contributed by atoms with Crippen LogP contribution in [0.25, 0.3) is 0 Å². The lowest BCUT2D eigenvalue weighted by molar-refractivity contribution is 0.0919. The molecule has 2 N–H and O–H groups in total. The van der Waals surface area contributed by atoms with Crippen molar-refractivity contribution in [3.8, 4) is 11.5 Å². The second-order valence-electron chi connectivity index (χ2n) is 6.36. The third-order valence-electron chi connectivity index (χ3n) is 3.15. The van der Waals surface area contributed by atoms with Crippen molar-refractivity contribution in [2.45, 2.75) is 26.3 Å². The summed E-state index contributed by atoms with van der Waals surface area (Å²) in [5.41, 5.74) is 1.78. The number of carbonyl (C=O) groups excluding carboxylic acids is 1. The summed E-state index contributed by atoms with van der Waals surface area (Å²) in [5.74, 6) is 1.27. The number of rotatable bonds is 3. The second-order valence-corrected chi connectivity index (χ2v) is 6.36. The van der Waals surface area contributed by atoms with Gasteiger partial charge in [0, 0.05) is 23.5 Å². The van der Waals surface area contributed by atoms with Crippen LogP contribution >= 0.6 is 0 Å². The Kier molecular flexibility index (Phi) is 3.82. The molecular weight excluding hydrogens is 294 g/mol. The smallest absolute Gasteiger partial charge is 0.253 e. The van der Waals surface area contributed by atoms with Gasteiger partial charge in [-0.2, -0.15) is 0 Å². The van der Waals surface area contributed by atoms with Crippen molar-refractivity contribution in [3.05, 3.63) is 42.2 Å². The lowest BCUT2D eigenvalue weighted by atomic mass is 10.1. The minimum Gasteiger partial charge on any atom is -0.454 e. The molecule has 2 aromatic rings. The molecule has 1 aromatic heterocycles. The molecule has 0 saturated carbocycles. The van der Waals surface area contributed by atoms with E-state index >= 15 is 0 Å². The van der Waals surface area contributed by atoms with Crippen LogP contribution < -0.4 is 20.1 Å². The molecule has 0 spiro atoms. The number of anilines is 2. The van der Waals surface area contributed by atoms with E-state index in [0.717, 1.165) is 17.1 Å². The molecule has 0 unspecified atom stereocenters. The van der Waals surface area contributed by atoms with E-state index < -0.39 is 0 Å². The lowest BCUT2D eigenvalue weighted by Gasteiger charge is -2.20. The molecule has 120 valence electrons. The predicted molar refractivity (Wildman–Crippen MR) is 87.3 cm³/mol. The number of amides is 1. The summed E-state index contributed by atoms with van der Waals surface area (Å²) < 4.78 is 10.6. The molecule has 1 amide bonds. The first kappa shape index (κ1) is 15.1. The van der Waals surface area contributed by atoms with Gasteiger partial charge >= 0.3 is 0 Å². The zero-order chi connectivity index (χ0) is 16.4. The van der Waals surface area contributed by atoms with Crippen LogP contribution in [0.3, 0.4) is 0 Å². The molecular formula is C17H19N3O3. The fraction of sp³-hybridized carbons (Fsp3) is 0.294. The van der Waals surface area contributed by atoms with E-state index in [1.54, 1.807) is 18.5 Å². The largest absolute Gasteiger partial charge is 0.454 e. The quantitative estimate of drug-likeness (QED) is 0.911. The molecule has 2 heterocycles. The minimum atomic E-state index is -0.294. The van der Waals surface area contributed by atoms with Gasteiger partial charge in [0.15, 0.2) is 11.5 Å². The summed E-state index contributed by atoms with van der Waals surface area (Å²) in [6.07, 6.45) is 3.21. The molecule has 0 bridgehead atoms. The van der Waals surface area contributed by atoms with Gasteiger partial charge in [-0.3, -0.25) is 9.78 Å². The van der Waals surface area contributed by atoms with E-state index in [1.807, 2.05) is 39.0 Å². The average molecular weight is 313 g/mol. The van der Waals surface area contributed by atoms with Crippen molar-refractivity contribution < 1.29 is 14.3 Å². The maximum absolute atomic E-state index is 12.2. The van der Waals surface area contributed by atoms with Crippen LogP contribution in [-0.2, 0) is 0 Å². The molecule has 0 radical (unpaired) electrons. The number of carbonyl (C=O) groups is 1. The number of hydrogen-bond donors (Lipinski definition) is 2. The number of hydrogen-bond acceptors (Lipinski definition) is 5. The summed E-state index contributed by atoms with van der Waals surface area (Å²) in [5, 5.41) is 6.13. The van der Waals surface area contributed by atoms with Crippen LogP contribution in [0.15, 0.2) is 36.7 Å². The number of fused-ring (bicyclic) bond motifs is 1. The average Bonchev–Trinajstić information content (AvgIpc) is 2.93. The third-order valence-corrected chi connectivity index (χ3v) is 3.15. The van der Waals surface area contributed by atoms with Gasteiger partial charge in [-0.05, 0) is 39.0 Å². The lowest BCUT2D eigenvalue weighted by Crippen LogP contribution is -2.40. The molecule has 1 aromatic carbocycles. The van der Waals surface area contributed by atoms with E-state index in [1.165, 1.54) is 0 Å². The van der Waals surface area contributed by atoms with Crippen molar-refractivity contribution in [1.29, 1.82) is 0 Å². The molecule has 1 aliphatic heterocycles. The van der Waals surface area contributed by atoms with Gasteiger partial charge in [0.2, 0.25) is 6.79 Å². The molecule has 3 rings (SSSR count). The van der Waals surface area contributed by atoms with Crippen LogP contribution in [0.2, 0.25) is 0 Å². The van der Waals surface area contributed by atoms with E-state index in [2.05, 4.69) is 15.6 Å². The number of aromatic nitrogens is 1. The summed E-state index contributed by atoms with van der Waals surface area (Å²) in [7, 11) is 0. The molecule has 0 fully saturated rings. The number of pyridine rings is 1. The Morgan fingerprint density at radius 3 is 2.65 bits per heavy atom. The Hall–Kier alpha value is -2.76. The first-order chi connectivity index (χ1) is 10.9. The number of benzene rings is 1. The molecule has 0 saturated heterocycles. The van der Waals surface area contributed by atoms with Crippen molar-refractivity contribution in [3.63, 3.8) is 0 Å². The number of nitrogens with one attached hydrogen (secondary N) is 2. The normalized spacial score (nSPS) is 12.8. The summed E-state index contributed by atoms with van der Waals surface area (Å²) in [6, 6.07) is 7.34. The maximum atomic E-state index is 12.2. The van der Waals surface area contributed by atoms with Gasteiger partial charge in [0.25, 0.3) is 5.91 Å². The predicted octanol–water partition coefficient (Wildman–Crippen LogP) is 3.08. The minimum absolute atomic E-state index is 0.153. The van der Waals surface area contributed by atoms with Crippen LogP contribution in [0, 0.1) is 0 Å². The van der Waals surface area contributed by atoms with Crippen molar-refractivity contribution in [1.82, 2.24) is 10.3 Å². The molecule has 6 nitrogen and oxygen atoms in total. The van der Waals surface area contributed by atoms with Gasteiger partial charge in [0.1, 0.15) is 0 Å². The Morgan fingerprint density at radius 1 is 1.09 bits per heavy atom. The Balaban J connectivity index is 1.76. The monoisotopic (exact) mass is 313 g/mol. The fourth-order valence-electron chi connectivity index (χ4n) is 2.19. The molecule has 6 heteroatoms. The first-order valence-electron chi connectivity index (χ1n) is 7.35. The van der Waals surface area contributed by atoms with Gasteiger partial charge in [-0.25, -0.2) is 0 Å². The standard InChI is InChI=1S/C17H19N3O3/c1-17(2,3)20-16(21)11-6-13(9-18-8-11)19-12-4-5-14-15(7-12)23-10-22-14/h4-9,19H,10H2,1-3H3,(H,20,21). The van der Waals surface area contributed by atoms with Crippen LogP contribution in [0.1, 0.15) is 31.1 Å². The Labute approximate surface area is 134 Å². The highest BCUT2D eigenvalue weighted by Gasteiger charge is 2.16. The molecule has 0 atom stereocenters. The maximum Gasteiger partial charge on any atom is 0.253 e. The first-order valence-corrected chi connectivity index (χ1v) is 7.35. The summed E-state index contributed by atoms with van der Waals surface area (Å²) in [6.45, 7) is 6.05. The number of ether oxygens (including phenoxy) is 2. The summed E-state index contributed by atoms with van der Waals surface area (Å²) >= 11 is 0. The van der Waals surface area contributed by atoms with Crippen LogP contribution in [0.5, 0.6) is 11.5 Å². The third kappa shape index (κ3) is 3.71. The Morgan fingerprint density at radius 2 is 1.87 bits per heavy atom. The Bertz CT molecular complexity index is 738. The fourth-order valence-corrected chi connectivity index (χ4v) is 2.19. The SMILES string of the molecule is CC(C)(C)NC(=O)c1cncc(Nc2ccc3c(c2)OCO3)c1. The van der Waals surface area contributed by atoms with E-state index in [-0.39, 0.29) is 18.2 Å². The van der Waals surface area contributed by atoms with E-state index in [9.17, 15) is 4.79 Å². The van der Waals surface area contributed by atoms with Gasteiger partial charge in [-0.15, -0.1) is 0 Å². The van der Waals surface area contributed by atoms with Crippen LogP contribution in [0.4, 0.5) is 11.4 Å². The highest BCUT2D eigenvalue weighted by atomic mass is 16.7. The van der Waals surface area contributed by atoms with Gasteiger partial charge in [-0.1, -0.05) is 0 Å². The summed E-state index contributed by atoms with van der Waals surface area (Å²) in [4.78, 5) is 16.3. The van der Waals surface area contributed by atoms with Crippen molar-refractivity contribution in [2.75, 3.05) is 12.1 Å². The van der Waals surface area contributed by atoms with E-state index in [4.69, 9.17) is 9.47 Å². The van der Waals surface area contributed by atoms with Crippen LogP contribution in [-0.4, -0.2) is 23.2 Å². The zero-order valence-corrected chi connectivity index (χ0v) is 13.3. The highest BCUT2D eigenvalue weighted by molar-refractivity contribution is 5.95. The number of nitrogens with zero attached hydrogens (tertiary/aromatic N) is 1. The molecule has 0 aliphatic carbocycles. The van der Waals surface area contributed by atoms with Crippen molar-refractivity contribution in [2.24, 2.45) is 0 Å². The molecule has 23 heavy (non-hydrogen) atoms.